The van der Waals surface area contributed by atoms with Gasteiger partial charge in [-0.25, -0.2) is 28.3 Å². The van der Waals surface area contributed by atoms with E-state index in [2.05, 4.69) is 88.3 Å². The van der Waals surface area contributed by atoms with E-state index in [1.54, 1.807) is 38.2 Å². The molecule has 2 aromatic heterocycles. The largest absolute Gasteiger partial charge is 0.478 e. The van der Waals surface area contributed by atoms with Crippen LogP contribution in [0.5, 0.6) is 23.3 Å². The third-order valence-corrected chi connectivity index (χ3v) is 18.5. The van der Waals surface area contributed by atoms with Gasteiger partial charge in [-0.15, -0.1) is 20.4 Å². The molecular formula is C70H108F2N14O12. The number of amides is 2. The van der Waals surface area contributed by atoms with Crippen LogP contribution >= 0.6 is 0 Å². The van der Waals surface area contributed by atoms with Gasteiger partial charge in [0.1, 0.15) is 35.8 Å². The molecule has 4 fully saturated rings. The van der Waals surface area contributed by atoms with Crippen LogP contribution in [0.3, 0.4) is 0 Å². The number of carbonyl (C=O) groups is 4. The lowest BCUT2D eigenvalue weighted by Gasteiger charge is -2.53. The summed E-state index contributed by atoms with van der Waals surface area (Å²) in [5.41, 5.74) is 0.673. The second kappa shape index (κ2) is 39.0. The van der Waals surface area contributed by atoms with Crippen LogP contribution in [0, 0.1) is 34.3 Å². The Labute approximate surface area is 577 Å². The van der Waals surface area contributed by atoms with Gasteiger partial charge in [-0.2, -0.15) is 0 Å². The van der Waals surface area contributed by atoms with Gasteiger partial charge in [-0.3, -0.25) is 19.4 Å². The number of rotatable bonds is 36. The highest BCUT2D eigenvalue weighted by atomic mass is 19.1. The number of halogens is 2. The number of anilines is 2. The molecule has 4 aromatic rings. The van der Waals surface area contributed by atoms with E-state index >= 15 is 0 Å². The molecule has 4 aliphatic heterocycles. The second-order valence-electron chi connectivity index (χ2n) is 27.2. The number of ether oxygens (including phenoxy) is 6. The fourth-order valence-corrected chi connectivity index (χ4v) is 13.8. The predicted molar refractivity (Wildman–Crippen MR) is 369 cm³/mol. The van der Waals surface area contributed by atoms with Crippen LogP contribution in [0.2, 0.25) is 0 Å². The molecule has 2 aromatic carbocycles. The molecule has 4 saturated heterocycles. The number of benzene rings is 2. The molecule has 8 rings (SSSR count). The number of carboxylic acids is 2. The highest BCUT2D eigenvalue weighted by Crippen LogP contribution is 2.47. The fraction of sp³-hybridized carbons (Fsp3) is 0.657. The molecule has 0 bridgehead atoms. The van der Waals surface area contributed by atoms with E-state index in [1.165, 1.54) is 49.1 Å². The summed E-state index contributed by atoms with van der Waals surface area (Å²) < 4.78 is 62.2. The van der Waals surface area contributed by atoms with Gasteiger partial charge in [0.15, 0.2) is 11.6 Å². The van der Waals surface area contributed by atoms with Gasteiger partial charge in [-0.05, 0) is 141 Å². The van der Waals surface area contributed by atoms with E-state index in [4.69, 9.17) is 38.6 Å². The molecule has 0 radical (unpaired) electrons. The molecule has 4 N–H and O–H groups in total. The summed E-state index contributed by atoms with van der Waals surface area (Å²) in [6, 6.07) is 9.34. The molecule has 2 spiro atoms. The summed E-state index contributed by atoms with van der Waals surface area (Å²) in [6.45, 7) is 33.7. The van der Waals surface area contributed by atoms with Crippen molar-refractivity contribution in [2.75, 3.05) is 143 Å². The lowest BCUT2D eigenvalue weighted by Crippen LogP contribution is -2.62. The van der Waals surface area contributed by atoms with Gasteiger partial charge < -0.3 is 68.9 Å². The zero-order valence-electron chi connectivity index (χ0n) is 60.0. The van der Waals surface area contributed by atoms with Crippen LogP contribution in [0.15, 0.2) is 61.2 Å². The first kappa shape index (κ1) is 79.8. The van der Waals surface area contributed by atoms with Crippen molar-refractivity contribution in [2.24, 2.45) is 22.7 Å². The molecule has 0 unspecified atom stereocenters. The maximum Gasteiger partial charge on any atom is 0.328 e. The number of hydrogen-bond acceptors (Lipinski definition) is 22. The summed E-state index contributed by atoms with van der Waals surface area (Å²) in [4.78, 5) is 67.9. The Hall–Kier alpha value is -7.18. The number of carbonyl (C=O) groups excluding carboxylic acids is 2. The Kier molecular flexibility index (Phi) is 31.7. The lowest BCUT2D eigenvalue weighted by atomic mass is 9.76. The molecule has 4 aliphatic rings. The minimum Gasteiger partial charge on any atom is -0.478 e. The van der Waals surface area contributed by atoms with Crippen molar-refractivity contribution < 1.29 is 66.6 Å². The molecule has 6 heterocycles. The second-order valence-corrected chi connectivity index (χ2v) is 27.2. The van der Waals surface area contributed by atoms with E-state index in [-0.39, 0.29) is 81.2 Å². The monoisotopic (exact) mass is 1370 g/mol. The Balaban J connectivity index is 0.000000278. The number of aromatic nitrogens is 6. The molecule has 26 nitrogen and oxygen atoms in total. The lowest BCUT2D eigenvalue weighted by molar-refractivity contribution is -0.134. The first-order chi connectivity index (χ1) is 46.8. The van der Waals surface area contributed by atoms with Crippen molar-refractivity contribution in [3.63, 3.8) is 0 Å². The Morgan fingerprint density at radius 3 is 1.23 bits per heavy atom. The van der Waals surface area contributed by atoms with Gasteiger partial charge in [0.2, 0.25) is 0 Å². The van der Waals surface area contributed by atoms with Gasteiger partial charge in [0.05, 0.1) is 49.6 Å². The first-order valence-electron chi connectivity index (χ1n) is 34.3. The molecule has 2 amide bonds. The normalized spacial score (nSPS) is 16.4. The molecule has 0 aliphatic carbocycles. The Morgan fingerprint density at radius 1 is 0.571 bits per heavy atom. The average molecular weight is 1380 g/mol. The van der Waals surface area contributed by atoms with Crippen LogP contribution in [0.25, 0.3) is 0 Å². The minimum absolute atomic E-state index is 0.0451. The smallest absolute Gasteiger partial charge is 0.328 e. The van der Waals surface area contributed by atoms with Gasteiger partial charge >= 0.3 is 11.9 Å². The number of nitrogens with one attached hydrogen (secondary N) is 2. The third kappa shape index (κ3) is 22.7. The van der Waals surface area contributed by atoms with Crippen molar-refractivity contribution in [1.29, 1.82) is 0 Å². The number of carboxylic acid groups (broad SMARTS) is 2. The molecular weight excluding hydrogens is 1270 g/mol. The SMILES string of the molecule is CCN(C(=O)c1cc(F)ccc1Oc1nncnc1N1CCC2(C1)CN([C@H](CCCNC(COC)COC)C(C)C)C2)C(C)C.CCN(C(=O)c1cc(F)ccc1Oc1nncnc1N1CCC2(C1)CN([C@H](CCCNC(COC)COC)C(C)C)C2)C(C)C.O=C(O)/C=C/C(=O)O. The van der Waals surface area contributed by atoms with E-state index in [9.17, 15) is 28.0 Å². The van der Waals surface area contributed by atoms with Crippen molar-refractivity contribution >= 4 is 35.4 Å². The molecule has 98 heavy (non-hydrogen) atoms. The number of hydrogen-bond donors (Lipinski definition) is 4. The van der Waals surface area contributed by atoms with Crippen LogP contribution in [0.1, 0.15) is 128 Å². The van der Waals surface area contributed by atoms with E-state index < -0.39 is 23.6 Å². The standard InChI is InChI=1S/2C33H52FN7O4.C4H4O4/c2*1-8-41(24(4)5)32(42)27-16-25(34)11-12-29(27)45-31-30(36-22-37-38-31)39-15-13-33(19-39)20-40(21-33)28(23(2)3)10-9-14-35-26(17-43-6)18-44-7;5-3(6)1-2-4(7)8/h2*11-12,16,22-24,26,28,35H,8-10,13-15,17-21H2,1-7H3;1-2H,(H,5,6)(H,7,8)/b;;2-1+/t2*28-;/m11./s1. The Bertz CT molecular complexity index is 2960. The first-order valence-corrected chi connectivity index (χ1v) is 34.3. The number of methoxy groups -OCH3 is 4. The topological polar surface area (TPSA) is 285 Å². The average Bonchev–Trinajstić information content (AvgIpc) is 1.57. The maximum absolute atomic E-state index is 14.3. The van der Waals surface area contributed by atoms with Crippen LogP contribution in [0.4, 0.5) is 20.4 Å². The zero-order valence-corrected chi connectivity index (χ0v) is 60.0. The summed E-state index contributed by atoms with van der Waals surface area (Å²) in [5.74, 6) is -0.912. The molecule has 2 atom stereocenters. The third-order valence-electron chi connectivity index (χ3n) is 18.5. The van der Waals surface area contributed by atoms with Crippen LogP contribution in [-0.4, -0.2) is 254 Å². The minimum atomic E-state index is -1.26. The fourth-order valence-electron chi connectivity index (χ4n) is 13.8. The Morgan fingerprint density at radius 2 is 0.929 bits per heavy atom. The molecule has 0 saturated carbocycles. The van der Waals surface area contributed by atoms with Crippen LogP contribution in [-0.2, 0) is 28.5 Å². The number of nitrogens with zero attached hydrogens (tertiary/aromatic N) is 12. The molecule has 544 valence electrons. The summed E-state index contributed by atoms with van der Waals surface area (Å²) in [5, 5.41) is 39.2. The van der Waals surface area contributed by atoms with E-state index in [0.29, 0.717) is 87.2 Å². The quantitative estimate of drug-likeness (QED) is 0.0246. The summed E-state index contributed by atoms with van der Waals surface area (Å²) in [6.07, 6.45) is 10.5. The van der Waals surface area contributed by atoms with Crippen molar-refractivity contribution in [3.05, 3.63) is 84.0 Å². The highest BCUT2D eigenvalue weighted by Gasteiger charge is 2.52. The van der Waals surface area contributed by atoms with Gasteiger partial charge in [-0.1, -0.05) is 27.7 Å². The van der Waals surface area contributed by atoms with Crippen molar-refractivity contribution in [1.82, 2.24) is 60.6 Å². The van der Waals surface area contributed by atoms with Gasteiger partial charge in [0, 0.05) is 141 Å². The highest BCUT2D eigenvalue weighted by molar-refractivity contribution is 5.98. The van der Waals surface area contributed by atoms with Crippen molar-refractivity contribution in [3.8, 4) is 23.3 Å². The van der Waals surface area contributed by atoms with E-state index in [1.807, 2.05) is 41.5 Å². The molecule has 28 heteroatoms. The summed E-state index contributed by atoms with van der Waals surface area (Å²) >= 11 is 0. The zero-order chi connectivity index (χ0) is 71.7. The number of likely N-dealkylation sites (tertiary alicyclic amines) is 2. The summed E-state index contributed by atoms with van der Waals surface area (Å²) in [7, 11) is 6.87. The van der Waals surface area contributed by atoms with E-state index in [0.717, 1.165) is 104 Å². The van der Waals surface area contributed by atoms with Crippen molar-refractivity contribution in [2.45, 2.75) is 144 Å². The number of aliphatic carboxylic acids is 2. The van der Waals surface area contributed by atoms with Gasteiger partial charge in [0.25, 0.3) is 23.6 Å². The van der Waals surface area contributed by atoms with Crippen LogP contribution < -0.4 is 29.9 Å². The maximum atomic E-state index is 14.3. The predicted octanol–water partition coefficient (Wildman–Crippen LogP) is 8.19.